The van der Waals surface area contributed by atoms with Crippen molar-refractivity contribution >= 4 is 5.91 Å². The predicted molar refractivity (Wildman–Crippen MR) is 117 cm³/mol. The smallest absolute Gasteiger partial charge is 0.234 e. The summed E-state index contributed by atoms with van der Waals surface area (Å²) in [5.74, 6) is 1.51. The predicted octanol–water partition coefficient (Wildman–Crippen LogP) is 2.92. The number of carbonyl (C=O) groups is 1. The van der Waals surface area contributed by atoms with Crippen LogP contribution in [0.1, 0.15) is 30.4 Å². The molecule has 3 rings (SSSR count). The molecule has 2 aromatic carbocycles. The average Bonchev–Trinajstić information content (AvgIpc) is 2.94. The van der Waals surface area contributed by atoms with Crippen LogP contribution in [0.3, 0.4) is 0 Å². The number of para-hydroxylation sites is 1. The Morgan fingerprint density at radius 2 is 1.90 bits per heavy atom. The zero-order chi connectivity index (χ0) is 21.4. The minimum Gasteiger partial charge on any atom is -0.496 e. The van der Waals surface area contributed by atoms with Crippen molar-refractivity contribution in [1.29, 1.82) is 0 Å². The highest BCUT2D eigenvalue weighted by atomic mass is 16.5. The number of nitrogens with one attached hydrogen (secondary N) is 1. The van der Waals surface area contributed by atoms with Gasteiger partial charge in [-0.3, -0.25) is 9.69 Å². The zero-order valence-electron chi connectivity index (χ0n) is 17.9. The Hall–Kier alpha value is -2.57. The van der Waals surface area contributed by atoms with E-state index in [0.29, 0.717) is 32.5 Å². The summed E-state index contributed by atoms with van der Waals surface area (Å²) in [6.07, 6.45) is 2.07. The maximum Gasteiger partial charge on any atom is 0.234 e. The van der Waals surface area contributed by atoms with E-state index in [9.17, 15) is 9.90 Å². The highest BCUT2D eigenvalue weighted by molar-refractivity contribution is 5.78. The molecule has 1 atom stereocenters. The first-order valence-corrected chi connectivity index (χ1v) is 10.5. The molecule has 6 heteroatoms. The van der Waals surface area contributed by atoms with Crippen LogP contribution < -0.4 is 14.8 Å². The van der Waals surface area contributed by atoms with E-state index >= 15 is 0 Å². The molecule has 1 aliphatic rings. The number of aryl methyl sites for hydroxylation is 1. The molecule has 30 heavy (non-hydrogen) atoms. The van der Waals surface area contributed by atoms with Crippen LogP contribution in [0.4, 0.5) is 0 Å². The summed E-state index contributed by atoms with van der Waals surface area (Å²) >= 11 is 0. The van der Waals surface area contributed by atoms with Crippen molar-refractivity contribution in [2.24, 2.45) is 0 Å². The monoisotopic (exact) mass is 412 g/mol. The first kappa shape index (κ1) is 22.1. The number of aliphatic hydroxyl groups is 1. The molecule has 0 spiro atoms. The third-order valence-electron chi connectivity index (χ3n) is 5.57. The maximum absolute atomic E-state index is 12.4. The lowest BCUT2D eigenvalue weighted by Crippen LogP contribution is -2.40. The number of hydrogen-bond acceptors (Lipinski definition) is 5. The SMILES string of the molecule is COc1ccccc1CNC(=O)CN1CCC[C@@](O)(COc2ccc(C)cc2)CC1. The fraction of sp³-hybridized carbons (Fsp3) is 0.458. The van der Waals surface area contributed by atoms with Crippen molar-refractivity contribution in [3.8, 4) is 11.5 Å². The van der Waals surface area contributed by atoms with Crippen LogP contribution in [-0.2, 0) is 11.3 Å². The Morgan fingerprint density at radius 3 is 2.67 bits per heavy atom. The zero-order valence-corrected chi connectivity index (χ0v) is 17.9. The Labute approximate surface area is 178 Å². The van der Waals surface area contributed by atoms with Gasteiger partial charge in [-0.2, -0.15) is 0 Å². The molecule has 1 amide bonds. The third-order valence-corrected chi connectivity index (χ3v) is 5.57. The molecule has 0 bridgehead atoms. The van der Waals surface area contributed by atoms with E-state index in [1.165, 1.54) is 5.56 Å². The van der Waals surface area contributed by atoms with Gasteiger partial charge in [0.25, 0.3) is 0 Å². The summed E-state index contributed by atoms with van der Waals surface area (Å²) in [4.78, 5) is 14.5. The Bertz CT molecular complexity index is 824. The first-order valence-electron chi connectivity index (χ1n) is 10.5. The van der Waals surface area contributed by atoms with Crippen LogP contribution >= 0.6 is 0 Å². The van der Waals surface area contributed by atoms with Gasteiger partial charge < -0.3 is 19.9 Å². The quantitative estimate of drug-likeness (QED) is 0.698. The second-order valence-corrected chi connectivity index (χ2v) is 8.04. The Kier molecular flexibility index (Phi) is 7.71. The van der Waals surface area contributed by atoms with Crippen molar-refractivity contribution in [2.45, 2.75) is 38.3 Å². The van der Waals surface area contributed by atoms with Gasteiger partial charge in [-0.1, -0.05) is 35.9 Å². The molecule has 0 aliphatic carbocycles. The molecule has 0 aromatic heterocycles. The van der Waals surface area contributed by atoms with Gasteiger partial charge >= 0.3 is 0 Å². The second-order valence-electron chi connectivity index (χ2n) is 8.04. The molecular weight excluding hydrogens is 380 g/mol. The summed E-state index contributed by atoms with van der Waals surface area (Å²) in [6, 6.07) is 15.5. The van der Waals surface area contributed by atoms with E-state index in [0.717, 1.165) is 30.0 Å². The molecule has 0 saturated carbocycles. The fourth-order valence-electron chi connectivity index (χ4n) is 3.69. The highest BCUT2D eigenvalue weighted by Crippen LogP contribution is 2.24. The van der Waals surface area contributed by atoms with Crippen LogP contribution in [0.5, 0.6) is 11.5 Å². The lowest BCUT2D eigenvalue weighted by molar-refractivity contribution is -0.122. The summed E-state index contributed by atoms with van der Waals surface area (Å²) in [6.45, 7) is 4.51. The minimum absolute atomic E-state index is 0.0257. The van der Waals surface area contributed by atoms with Gasteiger partial charge in [-0.15, -0.1) is 0 Å². The van der Waals surface area contributed by atoms with Crippen LogP contribution in [0.15, 0.2) is 48.5 Å². The first-order chi connectivity index (χ1) is 14.5. The molecule has 1 aliphatic heterocycles. The molecule has 2 aromatic rings. The molecule has 1 heterocycles. The van der Waals surface area contributed by atoms with Gasteiger partial charge in [0.05, 0.1) is 19.3 Å². The number of carbonyl (C=O) groups excluding carboxylic acids is 1. The maximum atomic E-state index is 12.4. The largest absolute Gasteiger partial charge is 0.496 e. The second kappa shape index (κ2) is 10.5. The van der Waals surface area contributed by atoms with Crippen LogP contribution in [-0.4, -0.2) is 54.9 Å². The van der Waals surface area contributed by atoms with Crippen molar-refractivity contribution < 1.29 is 19.4 Å². The van der Waals surface area contributed by atoms with Crippen molar-refractivity contribution in [1.82, 2.24) is 10.2 Å². The van der Waals surface area contributed by atoms with Crippen LogP contribution in [0, 0.1) is 6.92 Å². The number of methoxy groups -OCH3 is 1. The summed E-state index contributed by atoms with van der Waals surface area (Å²) in [5.41, 5.74) is 1.26. The molecule has 0 unspecified atom stereocenters. The molecule has 162 valence electrons. The highest BCUT2D eigenvalue weighted by Gasteiger charge is 2.31. The molecule has 1 saturated heterocycles. The summed E-state index contributed by atoms with van der Waals surface area (Å²) in [7, 11) is 1.63. The topological polar surface area (TPSA) is 71.0 Å². The molecule has 0 radical (unpaired) electrons. The average molecular weight is 413 g/mol. The summed E-state index contributed by atoms with van der Waals surface area (Å²) in [5, 5.41) is 13.9. The van der Waals surface area contributed by atoms with Crippen LogP contribution in [0.25, 0.3) is 0 Å². The summed E-state index contributed by atoms with van der Waals surface area (Å²) < 4.78 is 11.2. The van der Waals surface area contributed by atoms with Crippen LogP contribution in [0.2, 0.25) is 0 Å². The fourth-order valence-corrected chi connectivity index (χ4v) is 3.69. The third kappa shape index (κ3) is 6.47. The lowest BCUT2D eigenvalue weighted by Gasteiger charge is -2.27. The number of benzene rings is 2. The van der Waals surface area contributed by atoms with Crippen molar-refractivity contribution in [3.05, 3.63) is 59.7 Å². The number of likely N-dealkylation sites (tertiary alicyclic amines) is 1. The number of rotatable bonds is 8. The molecule has 2 N–H and O–H groups in total. The van der Waals surface area contributed by atoms with Gasteiger partial charge in [0.2, 0.25) is 5.91 Å². The lowest BCUT2D eigenvalue weighted by atomic mass is 9.96. The van der Waals surface area contributed by atoms with E-state index < -0.39 is 5.60 Å². The molecule has 1 fully saturated rings. The van der Waals surface area contributed by atoms with Gasteiger partial charge in [0.1, 0.15) is 18.1 Å². The Morgan fingerprint density at radius 1 is 1.13 bits per heavy atom. The number of amides is 1. The van der Waals surface area contributed by atoms with Gasteiger partial charge in [0, 0.05) is 18.7 Å². The van der Waals surface area contributed by atoms with E-state index in [-0.39, 0.29) is 12.5 Å². The van der Waals surface area contributed by atoms with Crippen molar-refractivity contribution in [3.63, 3.8) is 0 Å². The minimum atomic E-state index is -0.868. The van der Waals surface area contributed by atoms with E-state index in [4.69, 9.17) is 9.47 Å². The van der Waals surface area contributed by atoms with E-state index in [2.05, 4.69) is 10.2 Å². The van der Waals surface area contributed by atoms with E-state index in [1.54, 1.807) is 7.11 Å². The number of nitrogens with zero attached hydrogens (tertiary/aromatic N) is 1. The number of ether oxygens (including phenoxy) is 2. The molecular formula is C24H32N2O4. The standard InChI is InChI=1S/C24H32N2O4/c1-19-8-10-21(11-9-19)30-18-24(28)12-5-14-26(15-13-24)17-23(27)25-16-20-6-3-4-7-22(20)29-2/h3-4,6-11,28H,5,12-18H2,1-2H3,(H,25,27)/t24-/m0/s1. The van der Waals surface area contributed by atoms with Gasteiger partial charge in [-0.25, -0.2) is 0 Å². The normalized spacial score (nSPS) is 19.7. The number of hydrogen-bond donors (Lipinski definition) is 2. The Balaban J connectivity index is 1.44. The van der Waals surface area contributed by atoms with Gasteiger partial charge in [-0.05, 0) is 50.9 Å². The van der Waals surface area contributed by atoms with Crippen molar-refractivity contribution in [2.75, 3.05) is 33.4 Å². The van der Waals surface area contributed by atoms with Gasteiger partial charge in [0.15, 0.2) is 0 Å². The molecule has 6 nitrogen and oxygen atoms in total. The van der Waals surface area contributed by atoms with E-state index in [1.807, 2.05) is 55.5 Å².